The van der Waals surface area contributed by atoms with Gasteiger partial charge in [-0.25, -0.2) is 9.97 Å². The normalized spacial score (nSPS) is 14.8. The molecular formula is C20H17N3O. The van der Waals surface area contributed by atoms with Crippen molar-refractivity contribution in [1.82, 2.24) is 9.97 Å². The van der Waals surface area contributed by atoms with Crippen molar-refractivity contribution in [3.8, 4) is 11.4 Å². The molecule has 4 heteroatoms. The lowest BCUT2D eigenvalue weighted by atomic mass is 9.95. The van der Waals surface area contributed by atoms with Gasteiger partial charge in [-0.1, -0.05) is 60.7 Å². The summed E-state index contributed by atoms with van der Waals surface area (Å²) in [4.78, 5) is 21.4. The third-order valence-corrected chi connectivity index (χ3v) is 4.45. The topological polar surface area (TPSA) is 54.9 Å². The minimum Gasteiger partial charge on any atom is -0.323 e. The lowest BCUT2D eigenvalue weighted by Crippen LogP contribution is -2.27. The number of rotatable bonds is 4. The molecule has 3 aromatic rings. The van der Waals surface area contributed by atoms with Crippen molar-refractivity contribution in [2.24, 2.45) is 0 Å². The van der Waals surface area contributed by atoms with Gasteiger partial charge in [-0.3, -0.25) is 4.79 Å². The molecule has 0 bridgehead atoms. The smallest absolute Gasteiger partial charge is 0.235 e. The zero-order valence-electron chi connectivity index (χ0n) is 13.1. The highest BCUT2D eigenvalue weighted by Crippen LogP contribution is 2.48. The maximum Gasteiger partial charge on any atom is 0.235 e. The second-order valence-electron chi connectivity index (χ2n) is 6.06. The van der Waals surface area contributed by atoms with E-state index < -0.39 is 0 Å². The predicted molar refractivity (Wildman–Crippen MR) is 93.5 cm³/mol. The molecule has 4 nitrogen and oxygen atoms in total. The van der Waals surface area contributed by atoms with E-state index in [1.165, 1.54) is 0 Å². The van der Waals surface area contributed by atoms with Crippen LogP contribution in [-0.4, -0.2) is 15.9 Å². The van der Waals surface area contributed by atoms with E-state index in [2.05, 4.69) is 15.3 Å². The van der Waals surface area contributed by atoms with Crippen LogP contribution >= 0.6 is 0 Å². The molecule has 1 aliphatic rings. The molecule has 1 amide bonds. The molecule has 0 unspecified atom stereocenters. The van der Waals surface area contributed by atoms with E-state index >= 15 is 0 Å². The van der Waals surface area contributed by atoms with Gasteiger partial charge in [0.25, 0.3) is 0 Å². The summed E-state index contributed by atoms with van der Waals surface area (Å²) in [7, 11) is 0. The predicted octanol–water partition coefficient (Wildman–Crippen LogP) is 3.81. The van der Waals surface area contributed by atoms with Gasteiger partial charge in [0.2, 0.25) is 5.91 Å². The first-order chi connectivity index (χ1) is 11.8. The summed E-state index contributed by atoms with van der Waals surface area (Å²) in [5, 5.41) is 2.96. The molecule has 0 radical (unpaired) electrons. The molecule has 0 aliphatic heterocycles. The molecule has 1 aliphatic carbocycles. The van der Waals surface area contributed by atoms with E-state index in [4.69, 9.17) is 0 Å². The van der Waals surface area contributed by atoms with Crippen LogP contribution in [0.3, 0.4) is 0 Å². The van der Waals surface area contributed by atoms with Gasteiger partial charge in [-0.2, -0.15) is 0 Å². The van der Waals surface area contributed by atoms with Crippen LogP contribution < -0.4 is 5.32 Å². The fourth-order valence-corrected chi connectivity index (χ4v) is 2.91. The SMILES string of the molecule is O=C(Nc1cnc(-c2ccccc2)nc1)C1(c2ccccc2)CC1. The Bertz CT molecular complexity index is 841. The second-order valence-corrected chi connectivity index (χ2v) is 6.06. The summed E-state index contributed by atoms with van der Waals surface area (Å²) >= 11 is 0. The van der Waals surface area contributed by atoms with Crippen molar-refractivity contribution in [2.45, 2.75) is 18.3 Å². The number of benzene rings is 2. The molecule has 1 N–H and O–H groups in total. The Morgan fingerprint density at radius 3 is 2.04 bits per heavy atom. The van der Waals surface area contributed by atoms with Crippen LogP contribution in [0.4, 0.5) is 5.69 Å². The first kappa shape index (κ1) is 14.6. The average Bonchev–Trinajstić information content (AvgIpc) is 3.46. The number of nitrogens with one attached hydrogen (secondary N) is 1. The minimum atomic E-state index is -0.390. The number of nitrogens with zero attached hydrogens (tertiary/aromatic N) is 2. The number of carbonyl (C=O) groups excluding carboxylic acids is 1. The lowest BCUT2D eigenvalue weighted by Gasteiger charge is -2.15. The summed E-state index contributed by atoms with van der Waals surface area (Å²) in [6.07, 6.45) is 5.08. The van der Waals surface area contributed by atoms with Crippen LogP contribution in [0, 0.1) is 0 Å². The number of hydrogen-bond donors (Lipinski definition) is 1. The van der Waals surface area contributed by atoms with E-state index in [9.17, 15) is 4.79 Å². The third-order valence-electron chi connectivity index (χ3n) is 4.45. The van der Waals surface area contributed by atoms with Gasteiger partial charge in [0.15, 0.2) is 5.82 Å². The minimum absolute atomic E-state index is 0.0183. The van der Waals surface area contributed by atoms with E-state index in [1.54, 1.807) is 12.4 Å². The Hall–Kier alpha value is -3.01. The maximum absolute atomic E-state index is 12.7. The number of anilines is 1. The average molecular weight is 315 g/mol. The van der Waals surface area contributed by atoms with E-state index in [0.717, 1.165) is 24.0 Å². The fourth-order valence-electron chi connectivity index (χ4n) is 2.91. The van der Waals surface area contributed by atoms with Gasteiger partial charge >= 0.3 is 0 Å². The summed E-state index contributed by atoms with van der Waals surface area (Å²) in [6, 6.07) is 19.7. The van der Waals surface area contributed by atoms with Crippen LogP contribution in [0.5, 0.6) is 0 Å². The van der Waals surface area contributed by atoms with Crippen LogP contribution in [0.1, 0.15) is 18.4 Å². The standard InChI is InChI=1S/C20H17N3O/c24-19(20(11-12-20)16-9-5-2-6-10-16)23-17-13-21-18(22-14-17)15-7-3-1-4-8-15/h1-10,13-14H,11-12H2,(H,23,24). The highest BCUT2D eigenvalue weighted by atomic mass is 16.2. The van der Waals surface area contributed by atoms with Crippen molar-refractivity contribution < 1.29 is 4.79 Å². The first-order valence-corrected chi connectivity index (χ1v) is 8.02. The molecule has 0 saturated heterocycles. The first-order valence-electron chi connectivity index (χ1n) is 8.02. The Morgan fingerprint density at radius 1 is 0.875 bits per heavy atom. The molecule has 1 fully saturated rings. The monoisotopic (exact) mass is 315 g/mol. The van der Waals surface area contributed by atoms with Crippen LogP contribution in [0.15, 0.2) is 73.1 Å². The van der Waals surface area contributed by atoms with Gasteiger partial charge in [-0.15, -0.1) is 0 Å². The zero-order chi connectivity index (χ0) is 16.4. The molecule has 24 heavy (non-hydrogen) atoms. The van der Waals surface area contributed by atoms with Gasteiger partial charge in [-0.05, 0) is 18.4 Å². The van der Waals surface area contributed by atoms with Crippen LogP contribution in [0.2, 0.25) is 0 Å². The van der Waals surface area contributed by atoms with E-state index in [1.807, 2.05) is 60.7 Å². The highest BCUT2D eigenvalue weighted by Gasteiger charge is 2.51. The maximum atomic E-state index is 12.7. The van der Waals surface area contributed by atoms with Gasteiger partial charge < -0.3 is 5.32 Å². The van der Waals surface area contributed by atoms with Gasteiger partial charge in [0, 0.05) is 5.56 Å². The Balaban J connectivity index is 1.51. The van der Waals surface area contributed by atoms with Crippen molar-refractivity contribution in [3.63, 3.8) is 0 Å². The number of carbonyl (C=O) groups is 1. The second kappa shape index (κ2) is 5.89. The number of aromatic nitrogens is 2. The number of amides is 1. The van der Waals surface area contributed by atoms with Crippen molar-refractivity contribution in [1.29, 1.82) is 0 Å². The fraction of sp³-hybridized carbons (Fsp3) is 0.150. The Morgan fingerprint density at radius 2 is 1.46 bits per heavy atom. The van der Waals surface area contributed by atoms with Crippen molar-refractivity contribution in [3.05, 3.63) is 78.6 Å². The molecule has 1 saturated carbocycles. The molecule has 2 aromatic carbocycles. The molecular weight excluding hydrogens is 298 g/mol. The highest BCUT2D eigenvalue weighted by molar-refractivity contribution is 6.01. The summed E-state index contributed by atoms with van der Waals surface area (Å²) < 4.78 is 0. The Labute approximate surface area is 140 Å². The molecule has 1 heterocycles. The summed E-state index contributed by atoms with van der Waals surface area (Å²) in [5.74, 6) is 0.669. The van der Waals surface area contributed by atoms with Crippen molar-refractivity contribution >= 4 is 11.6 Å². The van der Waals surface area contributed by atoms with Crippen LogP contribution in [0.25, 0.3) is 11.4 Å². The van der Waals surface area contributed by atoms with Crippen LogP contribution in [-0.2, 0) is 10.2 Å². The Kier molecular flexibility index (Phi) is 3.58. The molecule has 1 aromatic heterocycles. The zero-order valence-corrected chi connectivity index (χ0v) is 13.1. The molecule has 0 spiro atoms. The quantitative estimate of drug-likeness (QED) is 0.796. The summed E-state index contributed by atoms with van der Waals surface area (Å²) in [6.45, 7) is 0. The van der Waals surface area contributed by atoms with Gasteiger partial charge in [0.05, 0.1) is 23.5 Å². The summed E-state index contributed by atoms with van der Waals surface area (Å²) in [5.41, 5.74) is 2.27. The number of hydrogen-bond acceptors (Lipinski definition) is 3. The van der Waals surface area contributed by atoms with Crippen molar-refractivity contribution in [2.75, 3.05) is 5.32 Å². The van der Waals surface area contributed by atoms with E-state index in [-0.39, 0.29) is 11.3 Å². The molecule has 4 rings (SSSR count). The van der Waals surface area contributed by atoms with E-state index in [0.29, 0.717) is 11.5 Å². The van der Waals surface area contributed by atoms with Gasteiger partial charge in [0.1, 0.15) is 0 Å². The molecule has 118 valence electrons. The lowest BCUT2D eigenvalue weighted by molar-refractivity contribution is -0.118. The third kappa shape index (κ3) is 2.67. The molecule has 0 atom stereocenters. The largest absolute Gasteiger partial charge is 0.323 e.